The highest BCUT2D eigenvalue weighted by Crippen LogP contribution is 2.25. The lowest BCUT2D eigenvalue weighted by molar-refractivity contribution is -0.113. The smallest absolute Gasteiger partial charge is 0.239 e. The molecule has 0 aliphatic carbocycles. The third-order valence-corrected chi connectivity index (χ3v) is 6.00. The van der Waals surface area contributed by atoms with Gasteiger partial charge in [-0.25, -0.2) is 18.1 Å². The predicted molar refractivity (Wildman–Crippen MR) is 115 cm³/mol. The second-order valence-electron chi connectivity index (χ2n) is 6.66. The van der Waals surface area contributed by atoms with Gasteiger partial charge in [0.2, 0.25) is 5.91 Å². The van der Waals surface area contributed by atoms with Crippen molar-refractivity contribution in [2.24, 2.45) is 0 Å². The summed E-state index contributed by atoms with van der Waals surface area (Å²) in [6.07, 6.45) is 2.76. The molecule has 11 heteroatoms. The van der Waals surface area contributed by atoms with Gasteiger partial charge in [0.25, 0.3) is 0 Å². The summed E-state index contributed by atoms with van der Waals surface area (Å²) in [5.41, 5.74) is 1.42. The summed E-state index contributed by atoms with van der Waals surface area (Å²) in [5.74, 6) is -1.87. The molecule has 0 bridgehead atoms. The standard InChI is InChI=1S/C20H19ClN4O5S/c1-13(26)14-3-6-19(30-2)15(7-14)9-31(28,29)10-20(27)24-17-8-16(21)4-5-18(17)25-12-22-11-23-25/h3-8,11-12H,9-10H2,1-2H3,(H,24,27). The number of amides is 1. The van der Waals surface area contributed by atoms with Crippen LogP contribution in [0.2, 0.25) is 5.02 Å². The second kappa shape index (κ2) is 9.27. The van der Waals surface area contributed by atoms with Crippen LogP contribution in [-0.4, -0.2) is 47.7 Å². The van der Waals surface area contributed by atoms with Crippen molar-refractivity contribution in [2.75, 3.05) is 18.2 Å². The second-order valence-corrected chi connectivity index (χ2v) is 9.17. The van der Waals surface area contributed by atoms with Crippen LogP contribution in [-0.2, 0) is 20.4 Å². The molecule has 3 rings (SSSR count). The number of methoxy groups -OCH3 is 1. The van der Waals surface area contributed by atoms with Crippen LogP contribution in [0.5, 0.6) is 5.75 Å². The van der Waals surface area contributed by atoms with Gasteiger partial charge in [0.1, 0.15) is 24.2 Å². The maximum atomic E-state index is 12.7. The van der Waals surface area contributed by atoms with E-state index in [0.29, 0.717) is 27.6 Å². The zero-order valence-corrected chi connectivity index (χ0v) is 18.3. The minimum Gasteiger partial charge on any atom is -0.496 e. The van der Waals surface area contributed by atoms with Gasteiger partial charge in [0, 0.05) is 16.1 Å². The first-order valence-corrected chi connectivity index (χ1v) is 11.2. The number of anilines is 1. The van der Waals surface area contributed by atoms with Crippen molar-refractivity contribution in [3.05, 3.63) is 65.2 Å². The summed E-state index contributed by atoms with van der Waals surface area (Å²) in [7, 11) is -2.48. The van der Waals surface area contributed by atoms with Crippen molar-refractivity contribution < 1.29 is 22.7 Å². The van der Waals surface area contributed by atoms with Gasteiger partial charge in [-0.2, -0.15) is 5.10 Å². The zero-order valence-electron chi connectivity index (χ0n) is 16.7. The Morgan fingerprint density at radius 3 is 2.61 bits per heavy atom. The Hall–Kier alpha value is -3.24. The molecule has 1 heterocycles. The van der Waals surface area contributed by atoms with Gasteiger partial charge in [-0.05, 0) is 43.3 Å². The molecule has 0 saturated carbocycles. The number of carbonyl (C=O) groups is 2. The summed E-state index contributed by atoms with van der Waals surface area (Å²) in [6.45, 7) is 1.38. The van der Waals surface area contributed by atoms with Crippen LogP contribution in [0.25, 0.3) is 5.69 Å². The van der Waals surface area contributed by atoms with E-state index in [1.54, 1.807) is 18.2 Å². The Bertz CT molecular complexity index is 1230. The fourth-order valence-electron chi connectivity index (χ4n) is 2.93. The van der Waals surface area contributed by atoms with Gasteiger partial charge < -0.3 is 10.1 Å². The van der Waals surface area contributed by atoms with Gasteiger partial charge in [0.05, 0.1) is 24.2 Å². The maximum absolute atomic E-state index is 12.7. The van der Waals surface area contributed by atoms with Crippen LogP contribution in [0.15, 0.2) is 49.1 Å². The summed E-state index contributed by atoms with van der Waals surface area (Å²) in [6, 6.07) is 9.25. The fourth-order valence-corrected chi connectivity index (χ4v) is 4.37. The van der Waals surface area contributed by atoms with E-state index in [-0.39, 0.29) is 11.5 Å². The number of hydrogen-bond acceptors (Lipinski definition) is 7. The number of aromatic nitrogens is 3. The third kappa shape index (κ3) is 5.68. The fraction of sp³-hybridized carbons (Fsp3) is 0.200. The van der Waals surface area contributed by atoms with E-state index >= 15 is 0 Å². The lowest BCUT2D eigenvalue weighted by Crippen LogP contribution is -2.24. The topological polar surface area (TPSA) is 120 Å². The Morgan fingerprint density at radius 2 is 1.97 bits per heavy atom. The summed E-state index contributed by atoms with van der Waals surface area (Å²) < 4.78 is 32.0. The lowest BCUT2D eigenvalue weighted by Gasteiger charge is -2.13. The highest BCUT2D eigenvalue weighted by molar-refractivity contribution is 7.91. The van der Waals surface area contributed by atoms with Crippen molar-refractivity contribution in [3.63, 3.8) is 0 Å². The molecule has 0 aliphatic rings. The Kier molecular flexibility index (Phi) is 6.71. The number of sulfone groups is 1. The largest absolute Gasteiger partial charge is 0.496 e. The maximum Gasteiger partial charge on any atom is 0.239 e. The summed E-state index contributed by atoms with van der Waals surface area (Å²) in [5, 5.41) is 6.93. The van der Waals surface area contributed by atoms with E-state index < -0.39 is 27.3 Å². The number of nitrogens with one attached hydrogen (secondary N) is 1. The first-order valence-electron chi connectivity index (χ1n) is 9.01. The molecule has 162 valence electrons. The van der Waals surface area contributed by atoms with Crippen molar-refractivity contribution in [1.29, 1.82) is 0 Å². The molecular formula is C20H19ClN4O5S. The number of Topliss-reactive ketones (excluding diaryl/α,β-unsaturated/α-hetero) is 1. The predicted octanol–water partition coefficient (Wildman–Crippen LogP) is 2.69. The number of hydrogen-bond donors (Lipinski definition) is 1. The normalized spacial score (nSPS) is 11.2. The number of carbonyl (C=O) groups excluding carboxylic acids is 2. The van der Waals surface area contributed by atoms with Crippen LogP contribution in [0, 0.1) is 0 Å². The van der Waals surface area contributed by atoms with Crippen LogP contribution in [0.1, 0.15) is 22.8 Å². The molecule has 0 spiro atoms. The minimum atomic E-state index is -3.88. The molecule has 31 heavy (non-hydrogen) atoms. The number of halogens is 1. The Morgan fingerprint density at radius 1 is 1.19 bits per heavy atom. The monoisotopic (exact) mass is 462 g/mol. The minimum absolute atomic E-state index is 0.208. The average Bonchev–Trinajstić information content (AvgIpc) is 3.21. The van der Waals surface area contributed by atoms with E-state index in [2.05, 4.69) is 15.4 Å². The third-order valence-electron chi connectivity index (χ3n) is 4.31. The van der Waals surface area contributed by atoms with Crippen LogP contribution >= 0.6 is 11.6 Å². The number of benzene rings is 2. The summed E-state index contributed by atoms with van der Waals surface area (Å²) >= 11 is 6.02. The van der Waals surface area contributed by atoms with E-state index in [0.717, 1.165) is 0 Å². The molecule has 0 radical (unpaired) electrons. The highest BCUT2D eigenvalue weighted by atomic mass is 35.5. The van der Waals surface area contributed by atoms with Crippen LogP contribution in [0.4, 0.5) is 5.69 Å². The molecule has 2 aromatic carbocycles. The number of ketones is 1. The van der Waals surface area contributed by atoms with Crippen molar-refractivity contribution in [1.82, 2.24) is 14.8 Å². The quantitative estimate of drug-likeness (QED) is 0.511. The molecule has 0 fully saturated rings. The van der Waals surface area contributed by atoms with E-state index in [1.165, 1.54) is 49.6 Å². The molecule has 1 amide bonds. The molecule has 0 atom stereocenters. The number of nitrogens with zero attached hydrogens (tertiary/aromatic N) is 3. The molecular weight excluding hydrogens is 444 g/mol. The molecule has 9 nitrogen and oxygen atoms in total. The highest BCUT2D eigenvalue weighted by Gasteiger charge is 2.21. The first-order chi connectivity index (χ1) is 14.7. The zero-order chi connectivity index (χ0) is 22.6. The molecule has 1 N–H and O–H groups in total. The number of rotatable bonds is 8. The van der Waals surface area contributed by atoms with Gasteiger partial charge in [-0.15, -0.1) is 0 Å². The van der Waals surface area contributed by atoms with Crippen molar-refractivity contribution in [2.45, 2.75) is 12.7 Å². The Balaban J connectivity index is 1.79. The number of ether oxygens (including phenoxy) is 1. The van der Waals surface area contributed by atoms with E-state index in [9.17, 15) is 18.0 Å². The van der Waals surface area contributed by atoms with Gasteiger partial charge >= 0.3 is 0 Å². The lowest BCUT2D eigenvalue weighted by atomic mass is 10.1. The molecule has 0 aliphatic heterocycles. The van der Waals surface area contributed by atoms with Gasteiger partial charge in [-0.3, -0.25) is 9.59 Å². The van der Waals surface area contributed by atoms with E-state index in [4.69, 9.17) is 16.3 Å². The molecule has 1 aromatic heterocycles. The van der Waals surface area contributed by atoms with Crippen molar-refractivity contribution in [3.8, 4) is 11.4 Å². The first kappa shape index (κ1) is 22.4. The van der Waals surface area contributed by atoms with Gasteiger partial charge in [-0.1, -0.05) is 11.6 Å². The molecule has 0 saturated heterocycles. The molecule has 3 aromatic rings. The van der Waals surface area contributed by atoms with Gasteiger partial charge in [0.15, 0.2) is 15.6 Å². The SMILES string of the molecule is COc1ccc(C(C)=O)cc1CS(=O)(=O)CC(=O)Nc1cc(Cl)ccc1-n1cncn1. The van der Waals surface area contributed by atoms with Crippen LogP contribution < -0.4 is 10.1 Å². The van der Waals surface area contributed by atoms with Crippen molar-refractivity contribution >= 4 is 38.8 Å². The van der Waals surface area contributed by atoms with E-state index in [1.807, 2.05) is 0 Å². The van der Waals surface area contributed by atoms with Crippen LogP contribution in [0.3, 0.4) is 0 Å². The average molecular weight is 463 g/mol. The Labute approximate surface area is 183 Å². The molecule has 0 unspecified atom stereocenters. The summed E-state index contributed by atoms with van der Waals surface area (Å²) in [4.78, 5) is 28.0.